The van der Waals surface area contributed by atoms with Gasteiger partial charge in [-0.3, -0.25) is 4.79 Å². The normalized spacial score (nSPS) is 35.0. The number of ketones is 1. The highest BCUT2D eigenvalue weighted by molar-refractivity contribution is 6.00. The minimum absolute atomic E-state index is 0.00816. The molecule has 4 atom stereocenters. The lowest BCUT2D eigenvalue weighted by atomic mass is 9.82. The third-order valence-corrected chi connectivity index (χ3v) is 4.83. The number of fused-ring (bicyclic) bond motifs is 3. The predicted molar refractivity (Wildman–Crippen MR) is 89.6 cm³/mol. The van der Waals surface area contributed by atoms with Gasteiger partial charge in [0.05, 0.1) is 12.5 Å². The molecular formula is C19H20O7. The first-order chi connectivity index (χ1) is 12.2. The Morgan fingerprint density at radius 3 is 2.77 bits per heavy atom. The van der Waals surface area contributed by atoms with Crippen LogP contribution in [0.2, 0.25) is 0 Å². The summed E-state index contributed by atoms with van der Waals surface area (Å²) >= 11 is 0. The topological polar surface area (TPSA) is 99.1 Å². The van der Waals surface area contributed by atoms with Gasteiger partial charge in [-0.25, -0.2) is 9.59 Å². The van der Waals surface area contributed by atoms with E-state index in [9.17, 15) is 19.5 Å². The number of carbonyl (C=O) groups excluding carboxylic acids is 3. The van der Waals surface area contributed by atoms with E-state index in [4.69, 9.17) is 14.2 Å². The second-order valence-electron chi connectivity index (χ2n) is 6.90. The van der Waals surface area contributed by atoms with Crippen molar-refractivity contribution < 1.29 is 33.7 Å². The predicted octanol–water partition coefficient (Wildman–Crippen LogP) is 1.14. The van der Waals surface area contributed by atoms with Crippen LogP contribution in [0.15, 0.2) is 47.8 Å². The molecule has 2 bridgehead atoms. The van der Waals surface area contributed by atoms with Crippen LogP contribution in [0.4, 0.5) is 0 Å². The lowest BCUT2D eigenvalue weighted by molar-refractivity contribution is -0.153. The number of carbonyl (C=O) groups is 3. The Hall–Kier alpha value is -2.67. The molecule has 3 aliphatic rings. The van der Waals surface area contributed by atoms with E-state index in [0.29, 0.717) is 5.57 Å². The Morgan fingerprint density at radius 1 is 1.46 bits per heavy atom. The molecule has 0 aliphatic carbocycles. The SMILES string of the molecule is C=C(C)C(=O)O[C@@H]1C[C@@]2(C)OC(=CC2=O)/C(CO)=C/[C@@H]2OC(=O)C(=C)[C@@H]21. The minimum atomic E-state index is -1.29. The molecule has 0 radical (unpaired) electrons. The molecule has 138 valence electrons. The van der Waals surface area contributed by atoms with Crippen LogP contribution in [0.3, 0.4) is 0 Å². The van der Waals surface area contributed by atoms with Crippen molar-refractivity contribution in [3.8, 4) is 0 Å². The number of esters is 2. The average Bonchev–Trinajstić information content (AvgIpc) is 3.01. The van der Waals surface area contributed by atoms with Crippen LogP contribution in [0, 0.1) is 5.92 Å². The largest absolute Gasteiger partial charge is 0.479 e. The van der Waals surface area contributed by atoms with Crippen molar-refractivity contribution in [2.75, 3.05) is 6.61 Å². The van der Waals surface area contributed by atoms with Crippen LogP contribution < -0.4 is 0 Å². The molecule has 3 rings (SSSR count). The number of aliphatic hydroxyl groups excluding tert-OH is 1. The van der Waals surface area contributed by atoms with Crippen molar-refractivity contribution in [2.24, 2.45) is 5.92 Å². The molecule has 7 heteroatoms. The molecule has 7 nitrogen and oxygen atoms in total. The van der Waals surface area contributed by atoms with Gasteiger partial charge in [-0.2, -0.15) is 0 Å². The van der Waals surface area contributed by atoms with Crippen molar-refractivity contribution in [1.82, 2.24) is 0 Å². The van der Waals surface area contributed by atoms with Crippen molar-refractivity contribution >= 4 is 17.7 Å². The summed E-state index contributed by atoms with van der Waals surface area (Å²) in [5.41, 5.74) is -0.631. The van der Waals surface area contributed by atoms with E-state index in [0.717, 1.165) is 0 Å². The third kappa shape index (κ3) is 2.88. The smallest absolute Gasteiger partial charge is 0.334 e. The van der Waals surface area contributed by atoms with Crippen molar-refractivity contribution in [1.29, 1.82) is 0 Å². The molecule has 26 heavy (non-hydrogen) atoms. The number of ether oxygens (including phenoxy) is 3. The van der Waals surface area contributed by atoms with Crippen molar-refractivity contribution in [2.45, 2.75) is 38.1 Å². The standard InChI is InChI=1S/C19H20O7/c1-9(2)17(22)25-14-7-19(4)15(21)6-12(26-19)11(8-20)5-13-16(14)10(3)18(23)24-13/h5-6,13-14,16,20H,1,3,7-8H2,2,4H3/b11-5+/t13-,14+,16-,19+/m0/s1. The van der Waals surface area contributed by atoms with Gasteiger partial charge < -0.3 is 19.3 Å². The van der Waals surface area contributed by atoms with E-state index in [2.05, 4.69) is 13.2 Å². The van der Waals surface area contributed by atoms with E-state index in [1.165, 1.54) is 19.1 Å². The van der Waals surface area contributed by atoms with Gasteiger partial charge in [-0.05, 0) is 19.9 Å². The zero-order valence-corrected chi connectivity index (χ0v) is 14.6. The first-order valence-electron chi connectivity index (χ1n) is 8.19. The summed E-state index contributed by atoms with van der Waals surface area (Å²) in [5, 5.41) is 9.67. The summed E-state index contributed by atoms with van der Waals surface area (Å²) in [6.45, 7) is 9.99. The maximum absolute atomic E-state index is 12.5. The lowest BCUT2D eigenvalue weighted by Gasteiger charge is -2.31. The molecule has 1 fully saturated rings. The summed E-state index contributed by atoms with van der Waals surface area (Å²) in [6, 6.07) is 0. The summed E-state index contributed by atoms with van der Waals surface area (Å²) in [6.07, 6.45) is 1.14. The Labute approximate surface area is 150 Å². The van der Waals surface area contributed by atoms with E-state index in [1.54, 1.807) is 6.92 Å². The highest BCUT2D eigenvalue weighted by atomic mass is 16.6. The van der Waals surface area contributed by atoms with E-state index >= 15 is 0 Å². The highest BCUT2D eigenvalue weighted by Gasteiger charge is 2.52. The molecule has 1 saturated heterocycles. The van der Waals surface area contributed by atoms with E-state index in [1.807, 2.05) is 0 Å². The number of rotatable bonds is 3. The second-order valence-corrected chi connectivity index (χ2v) is 6.90. The molecule has 0 aromatic rings. The van der Waals surface area contributed by atoms with Gasteiger partial charge in [0, 0.05) is 29.2 Å². The van der Waals surface area contributed by atoms with Gasteiger partial charge in [-0.1, -0.05) is 13.2 Å². The fraction of sp³-hybridized carbons (Fsp3) is 0.421. The van der Waals surface area contributed by atoms with Crippen LogP contribution in [0.5, 0.6) is 0 Å². The molecular weight excluding hydrogens is 340 g/mol. The maximum Gasteiger partial charge on any atom is 0.334 e. The van der Waals surface area contributed by atoms with Crippen LogP contribution in [0.25, 0.3) is 0 Å². The van der Waals surface area contributed by atoms with Gasteiger partial charge in [0.15, 0.2) is 5.60 Å². The molecule has 3 aliphatic heterocycles. The second kappa shape index (κ2) is 6.25. The maximum atomic E-state index is 12.5. The Bertz CT molecular complexity index is 788. The van der Waals surface area contributed by atoms with E-state index in [-0.39, 0.29) is 29.1 Å². The summed E-state index contributed by atoms with van der Waals surface area (Å²) in [7, 11) is 0. The molecule has 0 aromatic carbocycles. The van der Waals surface area contributed by atoms with Crippen LogP contribution in [-0.4, -0.2) is 47.2 Å². The summed E-state index contributed by atoms with van der Waals surface area (Å²) in [4.78, 5) is 36.6. The first-order valence-corrected chi connectivity index (χ1v) is 8.19. The van der Waals surface area contributed by atoms with Crippen LogP contribution in [0.1, 0.15) is 20.3 Å². The quantitative estimate of drug-likeness (QED) is 0.595. The van der Waals surface area contributed by atoms with Crippen molar-refractivity contribution in [3.63, 3.8) is 0 Å². The molecule has 0 amide bonds. The summed E-state index contributed by atoms with van der Waals surface area (Å²) in [5.74, 6) is -2.03. The van der Waals surface area contributed by atoms with Gasteiger partial charge in [0.1, 0.15) is 18.0 Å². The Morgan fingerprint density at radius 2 is 2.15 bits per heavy atom. The molecule has 0 saturated carbocycles. The Kier molecular flexibility index (Phi) is 4.36. The molecule has 0 spiro atoms. The van der Waals surface area contributed by atoms with Gasteiger partial charge >= 0.3 is 11.9 Å². The fourth-order valence-corrected chi connectivity index (χ4v) is 3.35. The fourth-order valence-electron chi connectivity index (χ4n) is 3.35. The lowest BCUT2D eigenvalue weighted by Crippen LogP contribution is -2.42. The van der Waals surface area contributed by atoms with Gasteiger partial charge in [-0.15, -0.1) is 0 Å². The molecule has 1 N–H and O–H groups in total. The Balaban J connectivity index is 2.09. The number of hydrogen-bond acceptors (Lipinski definition) is 7. The molecule has 0 aromatic heterocycles. The molecule has 3 heterocycles. The van der Waals surface area contributed by atoms with Gasteiger partial charge in [0.2, 0.25) is 5.78 Å². The van der Waals surface area contributed by atoms with Gasteiger partial charge in [0.25, 0.3) is 0 Å². The average molecular weight is 360 g/mol. The zero-order chi connectivity index (χ0) is 19.2. The highest BCUT2D eigenvalue weighted by Crippen LogP contribution is 2.42. The summed E-state index contributed by atoms with van der Waals surface area (Å²) < 4.78 is 16.6. The first kappa shape index (κ1) is 18.1. The minimum Gasteiger partial charge on any atom is -0.479 e. The van der Waals surface area contributed by atoms with Crippen molar-refractivity contribution in [3.05, 3.63) is 47.8 Å². The molecule has 0 unspecified atom stereocenters. The number of hydrogen-bond donors (Lipinski definition) is 1. The van der Waals surface area contributed by atoms with E-state index < -0.39 is 42.3 Å². The number of aliphatic hydroxyl groups is 1. The third-order valence-electron chi connectivity index (χ3n) is 4.83. The monoisotopic (exact) mass is 360 g/mol. The van der Waals surface area contributed by atoms with Crippen LogP contribution >= 0.6 is 0 Å². The zero-order valence-electron chi connectivity index (χ0n) is 14.6. The van der Waals surface area contributed by atoms with Crippen LogP contribution in [-0.2, 0) is 28.6 Å².